The van der Waals surface area contributed by atoms with Crippen LogP contribution in [0.4, 0.5) is 5.69 Å². The number of rotatable bonds is 3. The summed E-state index contributed by atoms with van der Waals surface area (Å²) in [4.78, 5) is 24.5. The van der Waals surface area contributed by atoms with Gasteiger partial charge in [-0.3, -0.25) is 13.9 Å². The van der Waals surface area contributed by atoms with E-state index >= 15 is 0 Å². The average molecular weight is 360 g/mol. The highest BCUT2D eigenvalue weighted by Gasteiger charge is 2.12. The summed E-state index contributed by atoms with van der Waals surface area (Å²) in [7, 11) is 3.40. The van der Waals surface area contributed by atoms with Crippen LogP contribution in [0.15, 0.2) is 46.8 Å². The first-order valence-electron chi connectivity index (χ1n) is 8.47. The highest BCUT2D eigenvalue weighted by Crippen LogP contribution is 2.18. The fraction of sp³-hybridized carbons (Fsp3) is 0.190. The molecule has 0 saturated heterocycles. The number of nitrogens with zero attached hydrogens (tertiary/aromatic N) is 3. The molecular weight excluding hydrogens is 340 g/mol. The molecule has 3 aromatic rings. The molecule has 1 N–H and O–H groups in total. The minimum absolute atomic E-state index is 0.00601. The summed E-state index contributed by atoms with van der Waals surface area (Å²) in [6.07, 6.45) is 1.52. The van der Waals surface area contributed by atoms with Gasteiger partial charge in [-0.2, -0.15) is 5.26 Å². The molecule has 1 aromatic heterocycles. The number of benzene rings is 2. The fourth-order valence-corrected chi connectivity index (χ4v) is 2.95. The Morgan fingerprint density at radius 1 is 1.04 bits per heavy atom. The van der Waals surface area contributed by atoms with Gasteiger partial charge >= 0.3 is 5.69 Å². The molecular formula is C21H20N4O2. The van der Waals surface area contributed by atoms with Crippen LogP contribution in [0, 0.1) is 25.2 Å². The number of nitrogens with one attached hydrogen (secondary N) is 1. The zero-order valence-electron chi connectivity index (χ0n) is 15.7. The lowest BCUT2D eigenvalue weighted by molar-refractivity contribution is -0.112. The molecule has 6 heteroatoms. The van der Waals surface area contributed by atoms with E-state index in [1.165, 1.54) is 10.6 Å². The van der Waals surface area contributed by atoms with Crippen molar-refractivity contribution in [2.75, 3.05) is 5.32 Å². The summed E-state index contributed by atoms with van der Waals surface area (Å²) < 4.78 is 3.09. The van der Waals surface area contributed by atoms with E-state index in [-0.39, 0.29) is 11.3 Å². The van der Waals surface area contributed by atoms with Crippen LogP contribution in [-0.4, -0.2) is 15.0 Å². The smallest absolute Gasteiger partial charge is 0.321 e. The van der Waals surface area contributed by atoms with E-state index in [2.05, 4.69) is 5.32 Å². The first kappa shape index (κ1) is 18.2. The van der Waals surface area contributed by atoms with Crippen molar-refractivity contribution in [3.63, 3.8) is 0 Å². The zero-order valence-corrected chi connectivity index (χ0v) is 15.7. The Morgan fingerprint density at radius 3 is 2.41 bits per heavy atom. The molecule has 0 bridgehead atoms. The van der Waals surface area contributed by atoms with Crippen molar-refractivity contribution in [1.29, 1.82) is 5.26 Å². The van der Waals surface area contributed by atoms with Crippen molar-refractivity contribution in [3.05, 3.63) is 69.1 Å². The lowest BCUT2D eigenvalue weighted by atomic mass is 10.1. The molecule has 1 heterocycles. The fourth-order valence-electron chi connectivity index (χ4n) is 2.95. The molecule has 0 saturated carbocycles. The van der Waals surface area contributed by atoms with Crippen LogP contribution in [0.5, 0.6) is 0 Å². The molecule has 2 aromatic carbocycles. The van der Waals surface area contributed by atoms with Gasteiger partial charge in [-0.1, -0.05) is 12.1 Å². The van der Waals surface area contributed by atoms with Crippen LogP contribution < -0.4 is 11.0 Å². The molecule has 27 heavy (non-hydrogen) atoms. The van der Waals surface area contributed by atoms with Crippen molar-refractivity contribution in [2.24, 2.45) is 14.1 Å². The van der Waals surface area contributed by atoms with E-state index in [9.17, 15) is 14.9 Å². The number of carbonyl (C=O) groups excluding carboxylic acids is 1. The number of imidazole rings is 1. The first-order valence-corrected chi connectivity index (χ1v) is 8.47. The minimum atomic E-state index is -0.470. The minimum Gasteiger partial charge on any atom is -0.321 e. The number of carbonyl (C=O) groups is 1. The van der Waals surface area contributed by atoms with E-state index in [0.29, 0.717) is 11.3 Å². The second-order valence-electron chi connectivity index (χ2n) is 6.57. The Labute approximate surface area is 157 Å². The number of aryl methyl sites for hydroxylation is 4. The Balaban J connectivity index is 1.93. The van der Waals surface area contributed by atoms with Gasteiger partial charge in [0.05, 0.1) is 11.0 Å². The van der Waals surface area contributed by atoms with Crippen molar-refractivity contribution in [3.8, 4) is 6.07 Å². The van der Waals surface area contributed by atoms with Gasteiger partial charge in [-0.15, -0.1) is 0 Å². The van der Waals surface area contributed by atoms with Gasteiger partial charge in [0, 0.05) is 19.8 Å². The molecule has 136 valence electrons. The van der Waals surface area contributed by atoms with E-state index in [1.807, 2.05) is 32.0 Å². The van der Waals surface area contributed by atoms with Gasteiger partial charge in [-0.25, -0.2) is 4.79 Å². The van der Waals surface area contributed by atoms with Gasteiger partial charge in [-0.05, 0) is 60.9 Å². The van der Waals surface area contributed by atoms with Gasteiger partial charge in [0.2, 0.25) is 0 Å². The number of anilines is 1. The van der Waals surface area contributed by atoms with E-state index in [1.54, 1.807) is 42.9 Å². The number of hydrogen-bond donors (Lipinski definition) is 1. The predicted octanol–water partition coefficient (Wildman–Crippen LogP) is 3.04. The molecule has 0 unspecified atom stereocenters. The average Bonchev–Trinajstić information content (AvgIpc) is 2.86. The lowest BCUT2D eigenvalue weighted by Gasteiger charge is -2.07. The molecule has 0 aliphatic heterocycles. The quantitative estimate of drug-likeness (QED) is 0.576. The Hall–Kier alpha value is -3.59. The van der Waals surface area contributed by atoms with Crippen LogP contribution in [0.25, 0.3) is 17.1 Å². The lowest BCUT2D eigenvalue weighted by Crippen LogP contribution is -2.19. The molecule has 0 radical (unpaired) electrons. The van der Waals surface area contributed by atoms with Crippen molar-refractivity contribution in [1.82, 2.24) is 9.13 Å². The van der Waals surface area contributed by atoms with Crippen LogP contribution >= 0.6 is 0 Å². The number of nitriles is 1. The predicted molar refractivity (Wildman–Crippen MR) is 106 cm³/mol. The number of aromatic nitrogens is 2. The Kier molecular flexibility index (Phi) is 4.70. The van der Waals surface area contributed by atoms with Gasteiger partial charge in [0.15, 0.2) is 0 Å². The Morgan fingerprint density at radius 2 is 1.74 bits per heavy atom. The molecule has 1 amide bonds. The number of fused-ring (bicyclic) bond motifs is 1. The topological polar surface area (TPSA) is 79.8 Å². The van der Waals surface area contributed by atoms with Crippen LogP contribution in [0.1, 0.15) is 16.7 Å². The SMILES string of the molecule is Cc1ccc(NC(=O)/C(C#N)=C/c2ccc3c(c2)n(C)c(=O)n3C)cc1C. The maximum absolute atomic E-state index is 12.5. The van der Waals surface area contributed by atoms with Crippen LogP contribution in [0.2, 0.25) is 0 Å². The second-order valence-corrected chi connectivity index (χ2v) is 6.57. The summed E-state index contributed by atoms with van der Waals surface area (Å²) >= 11 is 0. The Bertz CT molecular complexity index is 1190. The van der Waals surface area contributed by atoms with E-state index in [0.717, 1.165) is 22.2 Å². The van der Waals surface area contributed by atoms with Crippen molar-refractivity contribution in [2.45, 2.75) is 13.8 Å². The third-order valence-electron chi connectivity index (χ3n) is 4.74. The molecule has 0 fully saturated rings. The molecule has 6 nitrogen and oxygen atoms in total. The molecule has 0 aliphatic carbocycles. The summed E-state index contributed by atoms with van der Waals surface area (Å²) in [5, 5.41) is 12.2. The summed E-state index contributed by atoms with van der Waals surface area (Å²) in [6, 6.07) is 12.9. The van der Waals surface area contributed by atoms with Gasteiger partial charge in [0.25, 0.3) is 5.91 Å². The van der Waals surface area contributed by atoms with Crippen LogP contribution in [-0.2, 0) is 18.9 Å². The normalized spacial score (nSPS) is 11.4. The summed E-state index contributed by atoms with van der Waals surface area (Å²) in [5.74, 6) is -0.470. The maximum atomic E-state index is 12.5. The highest BCUT2D eigenvalue weighted by atomic mass is 16.2. The van der Waals surface area contributed by atoms with Crippen LogP contribution in [0.3, 0.4) is 0 Å². The van der Waals surface area contributed by atoms with Crippen molar-refractivity contribution < 1.29 is 4.79 Å². The van der Waals surface area contributed by atoms with Gasteiger partial charge in [0.1, 0.15) is 11.6 Å². The summed E-state index contributed by atoms with van der Waals surface area (Å²) in [5.41, 5.74) is 4.91. The van der Waals surface area contributed by atoms with Gasteiger partial charge < -0.3 is 5.32 Å². The standard InChI is InChI=1S/C21H20N4O2/c1-13-5-7-17(9-14(13)2)23-20(26)16(12-22)10-15-6-8-18-19(11-15)25(4)21(27)24(18)3/h5-11H,1-4H3,(H,23,26)/b16-10+. The zero-order chi connectivity index (χ0) is 19.7. The second kappa shape index (κ2) is 6.96. The third-order valence-corrected chi connectivity index (χ3v) is 4.74. The molecule has 3 rings (SSSR count). The number of hydrogen-bond acceptors (Lipinski definition) is 3. The summed E-state index contributed by atoms with van der Waals surface area (Å²) in [6.45, 7) is 3.96. The molecule has 0 atom stereocenters. The molecule has 0 spiro atoms. The van der Waals surface area contributed by atoms with Crippen molar-refractivity contribution >= 4 is 28.7 Å². The van der Waals surface area contributed by atoms with E-state index < -0.39 is 5.91 Å². The number of amides is 1. The highest BCUT2D eigenvalue weighted by molar-refractivity contribution is 6.09. The maximum Gasteiger partial charge on any atom is 0.328 e. The molecule has 0 aliphatic rings. The first-order chi connectivity index (χ1) is 12.8. The third kappa shape index (κ3) is 3.40. The monoisotopic (exact) mass is 360 g/mol. The largest absolute Gasteiger partial charge is 0.328 e. The van der Waals surface area contributed by atoms with E-state index in [4.69, 9.17) is 0 Å².